The maximum atomic E-state index is 12.4. The molecule has 0 unspecified atom stereocenters. The highest BCUT2D eigenvalue weighted by Gasteiger charge is 2.10. The van der Waals surface area contributed by atoms with Crippen LogP contribution in [0.5, 0.6) is 11.5 Å². The fourth-order valence-corrected chi connectivity index (χ4v) is 4.29. The number of carbonyl (C=O) groups is 1. The summed E-state index contributed by atoms with van der Waals surface area (Å²) in [5, 5.41) is 0. The lowest BCUT2D eigenvalue weighted by Gasteiger charge is -2.17. The van der Waals surface area contributed by atoms with Crippen molar-refractivity contribution in [3.05, 3.63) is 78.7 Å². The minimum absolute atomic E-state index is 0.0931. The quantitative estimate of drug-likeness (QED) is 0.704. The average molecular weight is 407 g/mol. The van der Waals surface area contributed by atoms with Crippen LogP contribution in [0.1, 0.15) is 23.1 Å². The third-order valence-electron chi connectivity index (χ3n) is 4.76. The Morgan fingerprint density at radius 3 is 3.00 bits per heavy atom. The lowest BCUT2D eigenvalue weighted by atomic mass is 10.0. The molecule has 148 valence electrons. The Balaban J connectivity index is 1.60. The van der Waals surface area contributed by atoms with Crippen molar-refractivity contribution >= 4 is 29.3 Å². The van der Waals surface area contributed by atoms with Gasteiger partial charge in [-0.3, -0.25) is 9.59 Å². The minimum atomic E-state index is -0.194. The molecule has 4 rings (SSSR count). The number of carbonyl (C=O) groups excluding carboxylic acids is 1. The van der Waals surface area contributed by atoms with Gasteiger partial charge in [0.05, 0.1) is 22.9 Å². The molecule has 0 spiro atoms. The Morgan fingerprint density at radius 2 is 2.14 bits per heavy atom. The molecule has 2 heterocycles. The number of thiazole rings is 1. The first kappa shape index (κ1) is 19.2. The topological polar surface area (TPSA) is 68.4 Å². The zero-order valence-corrected chi connectivity index (χ0v) is 16.9. The van der Waals surface area contributed by atoms with E-state index < -0.39 is 0 Å². The van der Waals surface area contributed by atoms with Crippen LogP contribution in [0.15, 0.2) is 47.3 Å². The van der Waals surface area contributed by atoms with E-state index in [0.29, 0.717) is 14.9 Å². The highest BCUT2D eigenvalue weighted by Crippen LogP contribution is 2.25. The van der Waals surface area contributed by atoms with Gasteiger partial charge in [0.1, 0.15) is 11.5 Å². The van der Waals surface area contributed by atoms with Gasteiger partial charge in [-0.05, 0) is 48.2 Å². The first-order valence-electron chi connectivity index (χ1n) is 9.45. The molecule has 0 amide bonds. The summed E-state index contributed by atoms with van der Waals surface area (Å²) in [7, 11) is 1.58. The molecule has 0 fully saturated rings. The van der Waals surface area contributed by atoms with Crippen LogP contribution in [-0.2, 0) is 17.6 Å². The smallest absolute Gasteiger partial charge is 0.266 e. The zero-order chi connectivity index (χ0) is 20.2. The van der Waals surface area contributed by atoms with Gasteiger partial charge in [-0.15, -0.1) is 11.3 Å². The number of Topliss-reactive ketones (excluding diaryl/α,β-unsaturated/α-hetero) is 1. The van der Waals surface area contributed by atoms with Crippen molar-refractivity contribution in [1.29, 1.82) is 0 Å². The maximum Gasteiger partial charge on any atom is 0.266 e. The molecule has 6 heteroatoms. The van der Waals surface area contributed by atoms with Gasteiger partial charge in [-0.1, -0.05) is 24.3 Å². The molecule has 1 aromatic heterocycles. The zero-order valence-electron chi connectivity index (χ0n) is 16.1. The van der Waals surface area contributed by atoms with Crippen LogP contribution in [0.25, 0.3) is 12.2 Å². The number of aromatic amines is 1. The molecule has 1 aliphatic rings. The first-order valence-corrected chi connectivity index (χ1v) is 10.3. The monoisotopic (exact) mass is 407 g/mol. The maximum absolute atomic E-state index is 12.4. The Hall–Kier alpha value is -3.12. The van der Waals surface area contributed by atoms with Gasteiger partial charge in [0.25, 0.3) is 5.56 Å². The number of rotatable bonds is 5. The number of ketones is 1. The molecule has 1 aliphatic heterocycles. The Labute approximate surface area is 171 Å². The number of ether oxygens (including phenoxy) is 2. The highest BCUT2D eigenvalue weighted by molar-refractivity contribution is 7.07. The summed E-state index contributed by atoms with van der Waals surface area (Å²) in [5.41, 5.74) is 2.74. The predicted molar refractivity (Wildman–Crippen MR) is 114 cm³/mol. The van der Waals surface area contributed by atoms with Crippen molar-refractivity contribution in [3.8, 4) is 11.5 Å². The number of para-hydroxylation sites is 1. The fourth-order valence-electron chi connectivity index (χ4n) is 3.38. The molecule has 5 nitrogen and oxygen atoms in total. The molecule has 0 saturated carbocycles. The fraction of sp³-hybridized carbons (Fsp3) is 0.217. The summed E-state index contributed by atoms with van der Waals surface area (Å²) in [6.45, 7) is 0.753. The van der Waals surface area contributed by atoms with E-state index in [1.807, 2.05) is 42.5 Å². The normalized spacial score (nSPS) is 14.4. The van der Waals surface area contributed by atoms with E-state index in [4.69, 9.17) is 9.47 Å². The van der Waals surface area contributed by atoms with Gasteiger partial charge in [-0.25, -0.2) is 0 Å². The molecule has 0 radical (unpaired) electrons. The summed E-state index contributed by atoms with van der Waals surface area (Å²) >= 11 is 1.28. The van der Waals surface area contributed by atoms with Crippen LogP contribution >= 0.6 is 11.3 Å². The van der Waals surface area contributed by atoms with Crippen LogP contribution in [0.4, 0.5) is 0 Å². The number of hydrogen-bond donors (Lipinski definition) is 1. The molecule has 3 aromatic rings. The van der Waals surface area contributed by atoms with E-state index in [9.17, 15) is 9.59 Å². The van der Waals surface area contributed by atoms with Gasteiger partial charge in [0.2, 0.25) is 0 Å². The standard InChI is InChI=1S/C23H21NO4S/c1-27-19-7-3-2-5-17(19)13-18(25)14-22-24-23(26)21(29-22)12-15-8-9-20-16(11-15)6-4-10-28-20/h2-3,5,7-9,11-12,14H,4,6,10,13H2,1H3,(H,24,26)/b21-12-,22-14+. The van der Waals surface area contributed by atoms with Gasteiger partial charge in [0.15, 0.2) is 5.78 Å². The van der Waals surface area contributed by atoms with Crippen LogP contribution < -0.4 is 24.2 Å². The summed E-state index contributed by atoms with van der Waals surface area (Å²) in [4.78, 5) is 27.5. The molecule has 2 aromatic carbocycles. The minimum Gasteiger partial charge on any atom is -0.496 e. The second kappa shape index (κ2) is 8.49. The second-order valence-corrected chi connectivity index (χ2v) is 7.93. The average Bonchev–Trinajstić information content (AvgIpc) is 3.06. The van der Waals surface area contributed by atoms with Crippen molar-refractivity contribution in [2.24, 2.45) is 0 Å². The number of aryl methyl sites for hydroxylation is 1. The molecule has 1 N–H and O–H groups in total. The summed E-state index contributed by atoms with van der Waals surface area (Å²) in [5.74, 6) is 1.51. The van der Waals surface area contributed by atoms with Crippen LogP contribution in [0.2, 0.25) is 0 Å². The van der Waals surface area contributed by atoms with Crippen molar-refractivity contribution < 1.29 is 14.3 Å². The number of aromatic nitrogens is 1. The van der Waals surface area contributed by atoms with Gasteiger partial charge < -0.3 is 14.5 Å². The lowest BCUT2D eigenvalue weighted by molar-refractivity contribution is -0.112. The van der Waals surface area contributed by atoms with E-state index in [0.717, 1.165) is 41.9 Å². The predicted octanol–water partition coefficient (Wildman–Crippen LogP) is 2.19. The van der Waals surface area contributed by atoms with Gasteiger partial charge >= 0.3 is 0 Å². The number of hydrogen-bond acceptors (Lipinski definition) is 5. The van der Waals surface area contributed by atoms with E-state index in [1.54, 1.807) is 7.11 Å². The Morgan fingerprint density at radius 1 is 1.28 bits per heavy atom. The number of methoxy groups -OCH3 is 1. The van der Waals surface area contributed by atoms with Crippen LogP contribution in [-0.4, -0.2) is 24.5 Å². The molecular formula is C23H21NO4S. The first-order chi connectivity index (χ1) is 14.1. The third-order valence-corrected chi connectivity index (χ3v) is 5.72. The third kappa shape index (κ3) is 4.49. The van der Waals surface area contributed by atoms with Gasteiger partial charge in [-0.2, -0.15) is 0 Å². The van der Waals surface area contributed by atoms with Crippen molar-refractivity contribution in [1.82, 2.24) is 4.98 Å². The largest absolute Gasteiger partial charge is 0.496 e. The number of nitrogens with one attached hydrogen (secondary N) is 1. The highest BCUT2D eigenvalue weighted by atomic mass is 32.1. The van der Waals surface area contributed by atoms with Crippen molar-refractivity contribution in [2.75, 3.05) is 13.7 Å². The van der Waals surface area contributed by atoms with E-state index >= 15 is 0 Å². The number of benzene rings is 2. The molecule has 0 saturated heterocycles. The van der Waals surface area contributed by atoms with Gasteiger partial charge in [0, 0.05) is 18.1 Å². The Bertz CT molecular complexity index is 1220. The summed E-state index contributed by atoms with van der Waals surface area (Å²) in [6.07, 6.45) is 5.53. The van der Waals surface area contributed by atoms with E-state index in [-0.39, 0.29) is 17.8 Å². The van der Waals surface area contributed by atoms with E-state index in [2.05, 4.69) is 11.1 Å². The molecule has 0 atom stereocenters. The number of H-pyrrole nitrogens is 1. The molecule has 29 heavy (non-hydrogen) atoms. The summed E-state index contributed by atoms with van der Waals surface area (Å²) < 4.78 is 12.0. The molecule has 0 aliphatic carbocycles. The van der Waals surface area contributed by atoms with Crippen molar-refractivity contribution in [2.45, 2.75) is 19.3 Å². The SMILES string of the molecule is COc1ccccc1CC(=O)/C=c1\[nH]c(=O)/c(=C/c2ccc3c(c2)CCCO3)s1. The Kier molecular flexibility index (Phi) is 5.62. The van der Waals surface area contributed by atoms with Crippen LogP contribution in [0.3, 0.4) is 0 Å². The number of fused-ring (bicyclic) bond motifs is 1. The molecule has 0 bridgehead atoms. The molecular weight excluding hydrogens is 386 g/mol. The lowest BCUT2D eigenvalue weighted by Crippen LogP contribution is -2.20. The van der Waals surface area contributed by atoms with Crippen molar-refractivity contribution in [3.63, 3.8) is 0 Å². The van der Waals surface area contributed by atoms with E-state index in [1.165, 1.54) is 17.4 Å². The van der Waals surface area contributed by atoms with Crippen LogP contribution in [0, 0.1) is 0 Å². The second-order valence-electron chi connectivity index (χ2n) is 6.85. The summed E-state index contributed by atoms with van der Waals surface area (Å²) in [6, 6.07) is 13.4.